The highest BCUT2D eigenvalue weighted by Gasteiger charge is 2.39. The van der Waals surface area contributed by atoms with E-state index in [0.717, 1.165) is 16.9 Å². The van der Waals surface area contributed by atoms with E-state index in [-0.39, 0.29) is 18.2 Å². The molecule has 3 aromatic rings. The number of hydrogen-bond donors (Lipinski definition) is 1. The van der Waals surface area contributed by atoms with E-state index in [1.54, 1.807) is 16.9 Å². The lowest BCUT2D eigenvalue weighted by Crippen LogP contribution is -2.52. The Hall–Kier alpha value is -4.01. The summed E-state index contributed by atoms with van der Waals surface area (Å²) >= 11 is 0. The third-order valence-corrected chi connectivity index (χ3v) is 5.73. The second-order valence-corrected chi connectivity index (χ2v) is 7.72. The van der Waals surface area contributed by atoms with Crippen LogP contribution in [0, 0.1) is 0 Å². The van der Waals surface area contributed by atoms with Gasteiger partial charge in [-0.15, -0.1) is 5.10 Å². The first kappa shape index (κ1) is 19.9. The van der Waals surface area contributed by atoms with Crippen molar-refractivity contribution >= 4 is 17.7 Å². The molecular weight excluding hydrogens is 410 g/mol. The zero-order valence-electron chi connectivity index (χ0n) is 17.4. The minimum atomic E-state index is -0.635. The van der Waals surface area contributed by atoms with Gasteiger partial charge in [-0.25, -0.2) is 4.68 Å². The van der Waals surface area contributed by atoms with E-state index in [0.29, 0.717) is 36.5 Å². The number of nitrogens with one attached hydrogen (secondary N) is 1. The molecule has 5 rings (SSSR count). The summed E-state index contributed by atoms with van der Waals surface area (Å²) in [5.74, 6) is -0.216. The molecule has 0 radical (unpaired) electrons. The molecule has 1 saturated heterocycles. The first-order valence-electron chi connectivity index (χ1n) is 10.5. The quantitative estimate of drug-likeness (QED) is 0.620. The molecule has 1 unspecified atom stereocenters. The number of para-hydroxylation sites is 1. The standard InChI is InChI=1S/C23H21N5O4/c1-2-32-20-6-4-3-5-16(20)18-13-28(26-25-18)15-8-7-14-12-27(23(31)17(14)11-15)19-9-10-21(29)24-22(19)30/h3-8,11,13,19H,2,9-10,12H2,1H3,(H,24,29,30). The summed E-state index contributed by atoms with van der Waals surface area (Å²) in [6.45, 7) is 2.81. The van der Waals surface area contributed by atoms with Crippen molar-refractivity contribution in [1.29, 1.82) is 0 Å². The van der Waals surface area contributed by atoms with Crippen LogP contribution in [0.4, 0.5) is 0 Å². The maximum Gasteiger partial charge on any atom is 0.255 e. The van der Waals surface area contributed by atoms with E-state index in [9.17, 15) is 14.4 Å². The number of carbonyl (C=O) groups is 3. The molecule has 9 heteroatoms. The van der Waals surface area contributed by atoms with E-state index in [2.05, 4.69) is 15.6 Å². The molecule has 3 amide bonds. The predicted octanol–water partition coefficient (Wildman–Crippen LogP) is 2.09. The van der Waals surface area contributed by atoms with Gasteiger partial charge in [0.05, 0.1) is 18.5 Å². The highest BCUT2D eigenvalue weighted by Crippen LogP contribution is 2.31. The summed E-state index contributed by atoms with van der Waals surface area (Å²) in [5, 5.41) is 10.8. The van der Waals surface area contributed by atoms with Crippen LogP contribution < -0.4 is 10.1 Å². The third kappa shape index (κ3) is 3.41. The molecule has 162 valence electrons. The zero-order chi connectivity index (χ0) is 22.2. The second-order valence-electron chi connectivity index (χ2n) is 7.72. The van der Waals surface area contributed by atoms with Gasteiger partial charge in [-0.2, -0.15) is 0 Å². The Morgan fingerprint density at radius 1 is 1.12 bits per heavy atom. The largest absolute Gasteiger partial charge is 0.493 e. The molecule has 0 spiro atoms. The van der Waals surface area contributed by atoms with Crippen molar-refractivity contribution in [1.82, 2.24) is 25.2 Å². The van der Waals surface area contributed by atoms with Crippen LogP contribution >= 0.6 is 0 Å². The molecule has 0 aliphatic carbocycles. The summed E-state index contributed by atoms with van der Waals surface area (Å²) in [6.07, 6.45) is 2.35. The van der Waals surface area contributed by atoms with Crippen LogP contribution in [-0.2, 0) is 16.1 Å². The number of fused-ring (bicyclic) bond motifs is 1. The molecule has 2 aliphatic heterocycles. The molecule has 0 bridgehead atoms. The Balaban J connectivity index is 1.41. The van der Waals surface area contributed by atoms with Gasteiger partial charge in [0.25, 0.3) is 5.91 Å². The van der Waals surface area contributed by atoms with Crippen molar-refractivity contribution in [2.75, 3.05) is 6.61 Å². The summed E-state index contributed by atoms with van der Waals surface area (Å²) in [4.78, 5) is 38.2. The molecule has 1 N–H and O–H groups in total. The van der Waals surface area contributed by atoms with E-state index in [1.165, 1.54) is 4.90 Å². The van der Waals surface area contributed by atoms with Crippen molar-refractivity contribution in [2.45, 2.75) is 32.4 Å². The van der Waals surface area contributed by atoms with E-state index < -0.39 is 11.9 Å². The summed E-state index contributed by atoms with van der Waals surface area (Å²) in [7, 11) is 0. The zero-order valence-corrected chi connectivity index (χ0v) is 17.4. The molecule has 32 heavy (non-hydrogen) atoms. The van der Waals surface area contributed by atoms with Gasteiger partial charge in [0.15, 0.2) is 0 Å². The Labute approximate surface area is 184 Å². The highest BCUT2D eigenvalue weighted by atomic mass is 16.5. The number of nitrogens with zero attached hydrogens (tertiary/aromatic N) is 4. The Morgan fingerprint density at radius 2 is 1.97 bits per heavy atom. The van der Waals surface area contributed by atoms with Gasteiger partial charge in [-0.3, -0.25) is 19.7 Å². The number of imide groups is 1. The van der Waals surface area contributed by atoms with Crippen molar-refractivity contribution in [3.05, 3.63) is 59.8 Å². The van der Waals surface area contributed by atoms with Crippen molar-refractivity contribution in [3.8, 4) is 22.7 Å². The molecule has 3 heterocycles. The van der Waals surface area contributed by atoms with Gasteiger partial charge in [0.2, 0.25) is 11.8 Å². The molecular formula is C23H21N5O4. The first-order chi connectivity index (χ1) is 15.5. The van der Waals surface area contributed by atoms with E-state index in [1.807, 2.05) is 43.3 Å². The average Bonchev–Trinajstić information content (AvgIpc) is 3.40. The normalized spacial score (nSPS) is 18.0. The number of piperidine rings is 1. The fraction of sp³-hybridized carbons (Fsp3) is 0.261. The minimum absolute atomic E-state index is 0.224. The topological polar surface area (TPSA) is 106 Å². The lowest BCUT2D eigenvalue weighted by Gasteiger charge is -2.29. The van der Waals surface area contributed by atoms with Crippen molar-refractivity contribution < 1.29 is 19.1 Å². The number of ether oxygens (including phenoxy) is 1. The van der Waals surface area contributed by atoms with Crippen LogP contribution in [0.3, 0.4) is 0 Å². The lowest BCUT2D eigenvalue weighted by molar-refractivity contribution is -0.136. The van der Waals surface area contributed by atoms with Crippen LogP contribution in [0.25, 0.3) is 16.9 Å². The Bertz CT molecular complexity index is 1230. The van der Waals surface area contributed by atoms with Crippen LogP contribution in [-0.4, -0.2) is 50.3 Å². The Kier molecular flexibility index (Phi) is 4.93. The number of amides is 3. The first-order valence-corrected chi connectivity index (χ1v) is 10.5. The van der Waals surface area contributed by atoms with Gasteiger partial charge in [0.1, 0.15) is 17.5 Å². The number of carbonyl (C=O) groups excluding carboxylic acids is 3. The summed E-state index contributed by atoms with van der Waals surface area (Å²) < 4.78 is 7.30. The van der Waals surface area contributed by atoms with Gasteiger partial charge in [-0.1, -0.05) is 23.4 Å². The van der Waals surface area contributed by atoms with Gasteiger partial charge < -0.3 is 9.64 Å². The minimum Gasteiger partial charge on any atom is -0.493 e. The molecule has 2 aliphatic rings. The average molecular weight is 431 g/mol. The second kappa shape index (κ2) is 7.92. The molecule has 9 nitrogen and oxygen atoms in total. The van der Waals surface area contributed by atoms with Crippen LogP contribution in [0.1, 0.15) is 35.7 Å². The lowest BCUT2D eigenvalue weighted by atomic mass is 10.0. The maximum absolute atomic E-state index is 13.0. The number of rotatable bonds is 5. The number of benzene rings is 2. The maximum atomic E-state index is 13.0. The van der Waals surface area contributed by atoms with E-state index in [4.69, 9.17) is 4.74 Å². The molecule has 0 saturated carbocycles. The fourth-order valence-electron chi connectivity index (χ4n) is 4.16. The van der Waals surface area contributed by atoms with Gasteiger partial charge >= 0.3 is 0 Å². The van der Waals surface area contributed by atoms with Crippen molar-refractivity contribution in [3.63, 3.8) is 0 Å². The summed E-state index contributed by atoms with van der Waals surface area (Å²) in [5.41, 5.74) is 3.55. The predicted molar refractivity (Wildman–Crippen MR) is 114 cm³/mol. The molecule has 2 aromatic carbocycles. The SMILES string of the molecule is CCOc1ccccc1-c1cn(-c2ccc3c(c2)C(=O)N(C2CCC(=O)NC2=O)C3)nn1. The van der Waals surface area contributed by atoms with Gasteiger partial charge in [-0.05, 0) is 43.2 Å². The van der Waals surface area contributed by atoms with Gasteiger partial charge in [0, 0.05) is 24.1 Å². The monoisotopic (exact) mass is 431 g/mol. The molecule has 1 fully saturated rings. The fourth-order valence-corrected chi connectivity index (χ4v) is 4.16. The van der Waals surface area contributed by atoms with Crippen molar-refractivity contribution in [2.24, 2.45) is 0 Å². The third-order valence-electron chi connectivity index (χ3n) is 5.73. The van der Waals surface area contributed by atoms with Crippen LogP contribution in [0.2, 0.25) is 0 Å². The number of hydrogen-bond acceptors (Lipinski definition) is 6. The summed E-state index contributed by atoms with van der Waals surface area (Å²) in [6, 6.07) is 12.5. The van der Waals surface area contributed by atoms with E-state index >= 15 is 0 Å². The number of aromatic nitrogens is 3. The smallest absolute Gasteiger partial charge is 0.255 e. The van der Waals surface area contributed by atoms with Crippen LogP contribution in [0.5, 0.6) is 5.75 Å². The molecule has 1 aromatic heterocycles. The Morgan fingerprint density at radius 3 is 2.78 bits per heavy atom. The molecule has 1 atom stereocenters. The van der Waals surface area contributed by atoms with Crippen LogP contribution in [0.15, 0.2) is 48.7 Å². The highest BCUT2D eigenvalue weighted by molar-refractivity contribution is 6.05.